The third-order valence-electron chi connectivity index (χ3n) is 3.73. The predicted octanol–water partition coefficient (Wildman–Crippen LogP) is 1.54. The van der Waals surface area contributed by atoms with E-state index >= 15 is 0 Å². The van der Waals surface area contributed by atoms with Crippen LogP contribution < -0.4 is 4.90 Å². The number of carboxylic acid groups (broad SMARTS) is 1. The van der Waals surface area contributed by atoms with Crippen LogP contribution in [-0.4, -0.2) is 44.1 Å². The molecule has 1 fully saturated rings. The van der Waals surface area contributed by atoms with Gasteiger partial charge in [-0.3, -0.25) is 9.78 Å². The van der Waals surface area contributed by atoms with Crippen LogP contribution in [0.5, 0.6) is 0 Å². The Hall–Kier alpha value is -2.57. The first-order chi connectivity index (χ1) is 10.6. The molecule has 1 saturated heterocycles. The topological polar surface area (TPSA) is 92.1 Å². The molecule has 114 valence electrons. The molecule has 3 rings (SSSR count). The molecular weight excluding hydrogens is 282 g/mol. The first kappa shape index (κ1) is 14.4. The number of nitrogens with zero attached hydrogens (tertiary/aromatic N) is 5. The van der Waals surface area contributed by atoms with Gasteiger partial charge in [0.2, 0.25) is 0 Å². The van der Waals surface area contributed by atoms with Gasteiger partial charge in [-0.2, -0.15) is 0 Å². The molecule has 3 heterocycles. The number of anilines is 1. The lowest BCUT2D eigenvalue weighted by molar-refractivity contribution is -0.141. The van der Waals surface area contributed by atoms with Crippen molar-refractivity contribution in [2.24, 2.45) is 5.92 Å². The average molecular weight is 299 g/mol. The van der Waals surface area contributed by atoms with Crippen LogP contribution in [0.3, 0.4) is 0 Å². The quantitative estimate of drug-likeness (QED) is 0.919. The summed E-state index contributed by atoms with van der Waals surface area (Å²) in [6.45, 7) is 3.18. The van der Waals surface area contributed by atoms with Gasteiger partial charge in [-0.25, -0.2) is 15.0 Å². The van der Waals surface area contributed by atoms with Crippen molar-refractivity contribution in [3.8, 4) is 11.5 Å². The lowest BCUT2D eigenvalue weighted by Crippen LogP contribution is -2.39. The number of aryl methyl sites for hydroxylation is 1. The molecule has 1 unspecified atom stereocenters. The zero-order valence-electron chi connectivity index (χ0n) is 12.3. The number of hydrogen-bond donors (Lipinski definition) is 1. The van der Waals surface area contributed by atoms with Gasteiger partial charge < -0.3 is 10.0 Å². The molecule has 2 aromatic rings. The Balaban J connectivity index is 1.91. The van der Waals surface area contributed by atoms with Gasteiger partial charge in [-0.1, -0.05) is 0 Å². The molecule has 22 heavy (non-hydrogen) atoms. The van der Waals surface area contributed by atoms with Crippen LogP contribution in [0.25, 0.3) is 11.5 Å². The Labute approximate surface area is 128 Å². The molecule has 1 atom stereocenters. The van der Waals surface area contributed by atoms with Crippen LogP contribution in [-0.2, 0) is 4.79 Å². The van der Waals surface area contributed by atoms with Gasteiger partial charge in [-0.15, -0.1) is 0 Å². The van der Waals surface area contributed by atoms with Gasteiger partial charge in [0.1, 0.15) is 11.5 Å². The van der Waals surface area contributed by atoms with Gasteiger partial charge in [-0.05, 0) is 19.8 Å². The first-order valence-corrected chi connectivity index (χ1v) is 7.23. The van der Waals surface area contributed by atoms with Crippen molar-refractivity contribution < 1.29 is 9.90 Å². The van der Waals surface area contributed by atoms with Gasteiger partial charge in [0.05, 0.1) is 12.1 Å². The number of rotatable bonds is 3. The fourth-order valence-corrected chi connectivity index (χ4v) is 2.63. The fraction of sp³-hybridized carbons (Fsp3) is 0.400. The maximum Gasteiger partial charge on any atom is 0.308 e. The summed E-state index contributed by atoms with van der Waals surface area (Å²) in [5, 5.41) is 9.21. The van der Waals surface area contributed by atoms with Crippen LogP contribution in [0.2, 0.25) is 0 Å². The van der Waals surface area contributed by atoms with E-state index < -0.39 is 5.97 Å². The number of aromatic nitrogens is 4. The summed E-state index contributed by atoms with van der Waals surface area (Å²) in [5.41, 5.74) is 1.43. The zero-order chi connectivity index (χ0) is 15.5. The predicted molar refractivity (Wildman–Crippen MR) is 80.4 cm³/mol. The summed E-state index contributed by atoms with van der Waals surface area (Å²) >= 11 is 0. The summed E-state index contributed by atoms with van der Waals surface area (Å²) in [4.78, 5) is 30.4. The summed E-state index contributed by atoms with van der Waals surface area (Å²) < 4.78 is 0. The van der Waals surface area contributed by atoms with E-state index in [1.165, 1.54) is 0 Å². The molecule has 0 aromatic carbocycles. The third kappa shape index (κ3) is 3.03. The Morgan fingerprint density at radius 3 is 2.95 bits per heavy atom. The Morgan fingerprint density at radius 2 is 2.23 bits per heavy atom. The maximum atomic E-state index is 11.2. The van der Waals surface area contributed by atoms with E-state index in [4.69, 9.17) is 0 Å². The Bertz CT molecular complexity index is 677. The first-order valence-electron chi connectivity index (χ1n) is 7.23. The highest BCUT2D eigenvalue weighted by Crippen LogP contribution is 2.24. The molecule has 7 heteroatoms. The Kier molecular flexibility index (Phi) is 3.95. The highest BCUT2D eigenvalue weighted by atomic mass is 16.4. The molecule has 0 saturated carbocycles. The van der Waals surface area contributed by atoms with Crippen molar-refractivity contribution in [2.75, 3.05) is 18.0 Å². The largest absolute Gasteiger partial charge is 0.481 e. The van der Waals surface area contributed by atoms with Crippen LogP contribution >= 0.6 is 0 Å². The van der Waals surface area contributed by atoms with E-state index in [2.05, 4.69) is 19.9 Å². The molecule has 0 aliphatic carbocycles. The molecule has 0 amide bonds. The van der Waals surface area contributed by atoms with Crippen molar-refractivity contribution >= 4 is 11.8 Å². The van der Waals surface area contributed by atoms with E-state index in [1.54, 1.807) is 18.6 Å². The third-order valence-corrected chi connectivity index (χ3v) is 3.73. The fourth-order valence-electron chi connectivity index (χ4n) is 2.63. The molecule has 1 N–H and O–H groups in total. The summed E-state index contributed by atoms with van der Waals surface area (Å²) in [6.07, 6.45) is 6.38. The van der Waals surface area contributed by atoms with Crippen LogP contribution in [0.1, 0.15) is 18.5 Å². The van der Waals surface area contributed by atoms with Gasteiger partial charge in [0.25, 0.3) is 0 Å². The number of carbonyl (C=O) groups is 1. The second-order valence-corrected chi connectivity index (χ2v) is 5.41. The summed E-state index contributed by atoms with van der Waals surface area (Å²) in [6, 6.07) is 1.88. The van der Waals surface area contributed by atoms with Gasteiger partial charge >= 0.3 is 5.97 Å². The van der Waals surface area contributed by atoms with E-state index in [9.17, 15) is 9.90 Å². The van der Waals surface area contributed by atoms with Crippen LogP contribution in [0.15, 0.2) is 24.7 Å². The highest BCUT2D eigenvalue weighted by molar-refractivity contribution is 5.71. The molecule has 1 aliphatic rings. The van der Waals surface area contributed by atoms with Crippen molar-refractivity contribution in [3.05, 3.63) is 30.4 Å². The zero-order valence-corrected chi connectivity index (χ0v) is 12.3. The molecule has 1 aliphatic heterocycles. The minimum Gasteiger partial charge on any atom is -0.481 e. The van der Waals surface area contributed by atoms with E-state index in [-0.39, 0.29) is 5.92 Å². The molecule has 0 radical (unpaired) electrons. The molecule has 7 nitrogen and oxygen atoms in total. The normalized spacial score (nSPS) is 18.2. The Morgan fingerprint density at radius 1 is 1.36 bits per heavy atom. The minimum atomic E-state index is -0.746. The lowest BCUT2D eigenvalue weighted by Gasteiger charge is -2.31. The van der Waals surface area contributed by atoms with E-state index in [1.807, 2.05) is 17.9 Å². The molecule has 0 spiro atoms. The number of hydrogen-bond acceptors (Lipinski definition) is 6. The van der Waals surface area contributed by atoms with Crippen molar-refractivity contribution in [3.63, 3.8) is 0 Å². The number of piperidine rings is 1. The smallest absolute Gasteiger partial charge is 0.308 e. The standard InChI is InChI=1S/C15H17N5O2/c1-10-7-13(20-6-2-3-11(9-20)15(21)22)19-14(18-10)12-8-16-4-5-17-12/h4-5,7-8,11H,2-3,6,9H2,1H3,(H,21,22). The summed E-state index contributed by atoms with van der Waals surface area (Å²) in [7, 11) is 0. The van der Waals surface area contributed by atoms with Gasteiger partial charge in [0.15, 0.2) is 5.82 Å². The van der Waals surface area contributed by atoms with E-state index in [0.29, 0.717) is 24.5 Å². The molecular formula is C15H17N5O2. The van der Waals surface area contributed by atoms with Gasteiger partial charge in [0, 0.05) is 37.2 Å². The van der Waals surface area contributed by atoms with Crippen molar-refractivity contribution in [1.82, 2.24) is 19.9 Å². The average Bonchev–Trinajstić information content (AvgIpc) is 2.55. The maximum absolute atomic E-state index is 11.2. The SMILES string of the molecule is Cc1cc(N2CCCC(C(=O)O)C2)nc(-c2cnccn2)n1. The van der Waals surface area contributed by atoms with Crippen molar-refractivity contribution in [2.45, 2.75) is 19.8 Å². The van der Waals surface area contributed by atoms with Crippen LogP contribution in [0.4, 0.5) is 5.82 Å². The van der Waals surface area contributed by atoms with Crippen molar-refractivity contribution in [1.29, 1.82) is 0 Å². The molecule has 0 bridgehead atoms. The summed E-state index contributed by atoms with van der Waals surface area (Å²) in [5.74, 6) is 0.174. The number of aliphatic carboxylic acids is 1. The number of carboxylic acids is 1. The second kappa shape index (κ2) is 6.05. The second-order valence-electron chi connectivity index (χ2n) is 5.41. The monoisotopic (exact) mass is 299 g/mol. The highest BCUT2D eigenvalue weighted by Gasteiger charge is 2.26. The van der Waals surface area contributed by atoms with E-state index in [0.717, 1.165) is 24.5 Å². The molecule has 2 aromatic heterocycles. The van der Waals surface area contributed by atoms with Crippen LogP contribution in [0, 0.1) is 12.8 Å². The lowest BCUT2D eigenvalue weighted by atomic mass is 9.98. The minimum absolute atomic E-state index is 0.344.